The van der Waals surface area contributed by atoms with E-state index in [0.717, 1.165) is 109 Å². The molecular weight excluding hydrogens is 877 g/mol. The number of hydrogen-bond donors (Lipinski definition) is 0. The summed E-state index contributed by atoms with van der Waals surface area (Å²) in [4.78, 5) is 38.2. The molecule has 0 aliphatic heterocycles. The molecule has 402 valence electrons. The number of unbranched alkanes of at least 4 members (excludes halogenated alkanes) is 20. The second kappa shape index (κ2) is 58.4. The first-order valence-electron chi connectivity index (χ1n) is 29.0. The van der Waals surface area contributed by atoms with Gasteiger partial charge in [-0.15, -0.1) is 0 Å². The summed E-state index contributed by atoms with van der Waals surface area (Å²) in [5, 5.41) is 0. The first-order valence-corrected chi connectivity index (χ1v) is 29.0. The molecule has 0 bridgehead atoms. The van der Waals surface area contributed by atoms with Gasteiger partial charge in [0, 0.05) is 19.3 Å². The van der Waals surface area contributed by atoms with Crippen molar-refractivity contribution >= 4 is 17.9 Å². The lowest BCUT2D eigenvalue weighted by molar-refractivity contribution is -0.167. The van der Waals surface area contributed by atoms with Gasteiger partial charge >= 0.3 is 17.9 Å². The molecule has 0 radical (unpaired) electrons. The maximum absolute atomic E-state index is 12.8. The van der Waals surface area contributed by atoms with E-state index in [9.17, 15) is 14.4 Å². The molecule has 6 heteroatoms. The van der Waals surface area contributed by atoms with Crippen molar-refractivity contribution in [2.24, 2.45) is 0 Å². The molecule has 0 aliphatic carbocycles. The molecule has 0 spiro atoms. The molecule has 0 amide bonds. The Morgan fingerprint density at radius 3 is 0.873 bits per heavy atom. The Kier molecular flexibility index (Phi) is 54.9. The molecule has 71 heavy (non-hydrogen) atoms. The predicted octanol–water partition coefficient (Wildman–Crippen LogP) is 19.6. The van der Waals surface area contributed by atoms with Crippen LogP contribution < -0.4 is 0 Å². The van der Waals surface area contributed by atoms with Gasteiger partial charge in [-0.25, -0.2) is 0 Å². The van der Waals surface area contributed by atoms with Gasteiger partial charge in [0.15, 0.2) is 6.10 Å². The second-order valence-electron chi connectivity index (χ2n) is 18.8. The fourth-order valence-corrected chi connectivity index (χ4v) is 7.51. The van der Waals surface area contributed by atoms with Crippen LogP contribution in [0.5, 0.6) is 0 Å². The van der Waals surface area contributed by atoms with E-state index < -0.39 is 6.10 Å². The Morgan fingerprint density at radius 1 is 0.282 bits per heavy atom. The fraction of sp³-hybridized carbons (Fsp3) is 0.646. The lowest BCUT2D eigenvalue weighted by Gasteiger charge is -2.18. The quantitative estimate of drug-likeness (QED) is 0.0261. The Labute approximate surface area is 437 Å². The topological polar surface area (TPSA) is 78.9 Å². The molecule has 0 heterocycles. The van der Waals surface area contributed by atoms with Crippen LogP contribution in [0.3, 0.4) is 0 Å². The smallest absolute Gasteiger partial charge is 0.306 e. The highest BCUT2D eigenvalue weighted by Crippen LogP contribution is 2.12. The van der Waals surface area contributed by atoms with Crippen LogP contribution in [-0.4, -0.2) is 37.2 Å². The molecule has 0 N–H and O–H groups in total. The average Bonchev–Trinajstić information content (AvgIpc) is 3.37. The zero-order valence-electron chi connectivity index (χ0n) is 45.9. The van der Waals surface area contributed by atoms with Gasteiger partial charge in [0.05, 0.1) is 0 Å². The highest BCUT2D eigenvalue weighted by atomic mass is 16.6. The van der Waals surface area contributed by atoms with E-state index in [4.69, 9.17) is 14.2 Å². The Balaban J connectivity index is 4.58. The normalized spacial score (nSPS) is 13.0. The van der Waals surface area contributed by atoms with Gasteiger partial charge in [-0.3, -0.25) is 14.4 Å². The van der Waals surface area contributed by atoms with E-state index in [1.54, 1.807) is 0 Å². The second-order valence-corrected chi connectivity index (χ2v) is 18.8. The zero-order chi connectivity index (χ0) is 51.4. The third-order valence-electron chi connectivity index (χ3n) is 11.9. The van der Waals surface area contributed by atoms with E-state index in [1.165, 1.54) is 96.3 Å². The van der Waals surface area contributed by atoms with Crippen molar-refractivity contribution in [2.75, 3.05) is 13.2 Å². The van der Waals surface area contributed by atoms with Crippen LogP contribution in [0.1, 0.15) is 252 Å². The molecule has 0 aromatic carbocycles. The molecule has 1 atom stereocenters. The molecule has 0 aliphatic rings. The summed E-state index contributed by atoms with van der Waals surface area (Å²) in [5.74, 6) is -1.03. The number of ether oxygens (including phenoxy) is 3. The SMILES string of the molecule is CCCCC/C=C\C/C=C\C/C=C\C/C=C\CCCCCC(=O)OC[C@H](COC(=O)CCCCCC/C=C\C/C=C\C/C=C\CCCCC)OC(=O)CCC/C=C\C/C=C\C/C=C\CCCCCCCC. The van der Waals surface area contributed by atoms with Crippen LogP contribution in [-0.2, 0) is 28.6 Å². The summed E-state index contributed by atoms with van der Waals surface area (Å²) in [6, 6.07) is 0. The van der Waals surface area contributed by atoms with Crippen molar-refractivity contribution in [3.05, 3.63) is 122 Å². The van der Waals surface area contributed by atoms with E-state index in [2.05, 4.69) is 142 Å². The van der Waals surface area contributed by atoms with Gasteiger partial charge in [0.2, 0.25) is 0 Å². The van der Waals surface area contributed by atoms with Crippen LogP contribution in [0.15, 0.2) is 122 Å². The summed E-state index contributed by atoms with van der Waals surface area (Å²) in [6.45, 7) is 6.48. The zero-order valence-corrected chi connectivity index (χ0v) is 45.9. The van der Waals surface area contributed by atoms with Crippen LogP contribution in [0.4, 0.5) is 0 Å². The molecular formula is C65H106O6. The van der Waals surface area contributed by atoms with Gasteiger partial charge in [0.25, 0.3) is 0 Å². The minimum atomic E-state index is -0.831. The fourth-order valence-electron chi connectivity index (χ4n) is 7.51. The summed E-state index contributed by atoms with van der Waals surface area (Å²) < 4.78 is 16.8. The minimum absolute atomic E-state index is 0.123. The first kappa shape index (κ1) is 66.8. The van der Waals surface area contributed by atoms with Crippen LogP contribution in [0, 0.1) is 0 Å². The van der Waals surface area contributed by atoms with Crippen LogP contribution in [0.2, 0.25) is 0 Å². The number of allylic oxidation sites excluding steroid dienone is 20. The predicted molar refractivity (Wildman–Crippen MR) is 306 cm³/mol. The van der Waals surface area contributed by atoms with Gasteiger partial charge in [-0.05, 0) is 135 Å². The number of carbonyl (C=O) groups excluding carboxylic acids is 3. The molecule has 0 saturated carbocycles. The maximum Gasteiger partial charge on any atom is 0.306 e. The Hall–Kier alpha value is -4.19. The summed E-state index contributed by atoms with van der Waals surface area (Å²) in [7, 11) is 0. The standard InChI is InChI=1S/C65H106O6/c1-4-7-10-13-16-19-22-25-28-31-32-35-37-40-43-46-49-52-55-58-64(67)70-61-62(71-65(68)59-56-53-50-47-44-41-38-34-30-27-24-21-18-15-12-9-6-3)60-69-63(66)57-54-51-48-45-42-39-36-33-29-26-23-20-17-14-11-8-5-2/h16-17,19-20,25-30,32,35-36,38-41,43,47,50,62H,4-15,18,21-24,31,33-34,37,42,44-46,48-49,51-61H2,1-3H3/b19-16-,20-17-,28-25-,29-26-,30-27-,35-32-,39-36-,41-38-,43-40-,50-47-/t62-/m0/s1. The van der Waals surface area contributed by atoms with Crippen molar-refractivity contribution in [1.82, 2.24) is 0 Å². The number of esters is 3. The molecule has 0 rings (SSSR count). The number of hydrogen-bond acceptors (Lipinski definition) is 6. The average molecular weight is 984 g/mol. The first-order chi connectivity index (χ1) is 35.0. The van der Waals surface area contributed by atoms with Crippen molar-refractivity contribution in [1.29, 1.82) is 0 Å². The van der Waals surface area contributed by atoms with Gasteiger partial charge < -0.3 is 14.2 Å². The van der Waals surface area contributed by atoms with Gasteiger partial charge in [0.1, 0.15) is 13.2 Å². The lowest BCUT2D eigenvalue weighted by atomic mass is 10.1. The summed E-state index contributed by atoms with van der Waals surface area (Å²) in [6.07, 6.45) is 80.4. The minimum Gasteiger partial charge on any atom is -0.462 e. The Bertz CT molecular complexity index is 1500. The number of rotatable bonds is 51. The molecule has 0 saturated heterocycles. The highest BCUT2D eigenvalue weighted by Gasteiger charge is 2.19. The van der Waals surface area contributed by atoms with E-state index >= 15 is 0 Å². The van der Waals surface area contributed by atoms with E-state index in [1.807, 2.05) is 0 Å². The Morgan fingerprint density at radius 2 is 0.521 bits per heavy atom. The monoisotopic (exact) mass is 983 g/mol. The van der Waals surface area contributed by atoms with Crippen molar-refractivity contribution in [3.63, 3.8) is 0 Å². The molecule has 6 nitrogen and oxygen atoms in total. The van der Waals surface area contributed by atoms with E-state index in [0.29, 0.717) is 19.3 Å². The summed E-state index contributed by atoms with van der Waals surface area (Å²) >= 11 is 0. The van der Waals surface area contributed by atoms with Gasteiger partial charge in [-0.2, -0.15) is 0 Å². The van der Waals surface area contributed by atoms with E-state index in [-0.39, 0.29) is 37.5 Å². The highest BCUT2D eigenvalue weighted by molar-refractivity contribution is 5.71. The molecule has 0 unspecified atom stereocenters. The summed E-state index contributed by atoms with van der Waals surface area (Å²) in [5.41, 5.74) is 0. The molecule has 0 fully saturated rings. The van der Waals surface area contributed by atoms with Crippen molar-refractivity contribution in [3.8, 4) is 0 Å². The largest absolute Gasteiger partial charge is 0.462 e. The lowest BCUT2D eigenvalue weighted by Crippen LogP contribution is -2.30. The number of carbonyl (C=O) groups is 3. The third-order valence-corrected chi connectivity index (χ3v) is 11.9. The van der Waals surface area contributed by atoms with Crippen LogP contribution in [0.25, 0.3) is 0 Å². The third kappa shape index (κ3) is 56.6. The van der Waals surface area contributed by atoms with Crippen molar-refractivity contribution in [2.45, 2.75) is 258 Å². The molecule has 0 aromatic rings. The van der Waals surface area contributed by atoms with Gasteiger partial charge in [-0.1, -0.05) is 219 Å². The maximum atomic E-state index is 12.8. The van der Waals surface area contributed by atoms with Crippen molar-refractivity contribution < 1.29 is 28.6 Å². The molecule has 0 aromatic heterocycles. The van der Waals surface area contributed by atoms with Crippen LogP contribution >= 0.6 is 0 Å².